The van der Waals surface area contributed by atoms with Crippen LogP contribution in [-0.2, 0) is 16.1 Å². The Morgan fingerprint density at radius 2 is 1.65 bits per heavy atom. The van der Waals surface area contributed by atoms with Crippen molar-refractivity contribution in [3.63, 3.8) is 0 Å². The molecule has 2 aromatic carbocycles. The lowest BCUT2D eigenvalue weighted by molar-refractivity contribution is -0.121. The van der Waals surface area contributed by atoms with Crippen LogP contribution < -0.4 is 14.8 Å². The zero-order chi connectivity index (χ0) is 22.4. The lowest BCUT2D eigenvalue weighted by Gasteiger charge is -2.31. The number of likely N-dealkylation sites (tertiary alicyclic amines) is 1. The molecule has 0 aliphatic carbocycles. The number of piperidine rings is 1. The van der Waals surface area contributed by atoms with Gasteiger partial charge < -0.3 is 19.5 Å². The molecule has 1 saturated heterocycles. The number of rotatable bonds is 7. The summed E-state index contributed by atoms with van der Waals surface area (Å²) < 4.78 is 15.4. The van der Waals surface area contributed by atoms with E-state index in [2.05, 4.69) is 10.2 Å². The molecule has 1 aliphatic rings. The van der Waals surface area contributed by atoms with Crippen LogP contribution in [0.15, 0.2) is 36.4 Å². The highest BCUT2D eigenvalue weighted by Gasteiger charge is 2.27. The largest absolute Gasteiger partial charge is 0.493 e. The van der Waals surface area contributed by atoms with E-state index in [0.717, 1.165) is 37.5 Å². The van der Waals surface area contributed by atoms with Crippen molar-refractivity contribution in [3.8, 4) is 11.5 Å². The summed E-state index contributed by atoms with van der Waals surface area (Å²) in [5, 5.41) is 3.61. The third-order valence-electron chi connectivity index (χ3n) is 5.46. The third-order valence-corrected chi connectivity index (χ3v) is 5.72. The van der Waals surface area contributed by atoms with Crippen LogP contribution in [0, 0.1) is 5.92 Å². The summed E-state index contributed by atoms with van der Waals surface area (Å²) in [6.45, 7) is 2.46. The second kappa shape index (κ2) is 10.5. The van der Waals surface area contributed by atoms with Gasteiger partial charge in [0.2, 0.25) is 5.91 Å². The number of esters is 1. The first-order valence-corrected chi connectivity index (χ1v) is 10.4. The van der Waals surface area contributed by atoms with Crippen LogP contribution in [0.25, 0.3) is 0 Å². The first-order valence-electron chi connectivity index (χ1n) is 10.1. The lowest BCUT2D eigenvalue weighted by atomic mass is 9.95. The van der Waals surface area contributed by atoms with Crippen molar-refractivity contribution in [2.45, 2.75) is 19.4 Å². The maximum Gasteiger partial charge on any atom is 0.340 e. The Balaban J connectivity index is 1.65. The molecule has 1 fully saturated rings. The first-order chi connectivity index (χ1) is 14.9. The van der Waals surface area contributed by atoms with Gasteiger partial charge >= 0.3 is 5.97 Å². The number of hydrogen-bond donors (Lipinski definition) is 1. The van der Waals surface area contributed by atoms with Gasteiger partial charge in [-0.1, -0.05) is 23.7 Å². The van der Waals surface area contributed by atoms with E-state index in [4.69, 9.17) is 25.8 Å². The smallest absolute Gasteiger partial charge is 0.340 e. The van der Waals surface area contributed by atoms with Gasteiger partial charge in [-0.05, 0) is 43.6 Å². The van der Waals surface area contributed by atoms with Crippen LogP contribution >= 0.6 is 11.6 Å². The molecule has 0 radical (unpaired) electrons. The Bertz CT molecular complexity index is 924. The van der Waals surface area contributed by atoms with Crippen LogP contribution in [0.4, 0.5) is 5.69 Å². The molecule has 0 aromatic heterocycles. The van der Waals surface area contributed by atoms with Gasteiger partial charge in [0.15, 0.2) is 11.5 Å². The van der Waals surface area contributed by atoms with E-state index >= 15 is 0 Å². The van der Waals surface area contributed by atoms with Crippen LogP contribution in [0.3, 0.4) is 0 Å². The Morgan fingerprint density at radius 1 is 1.03 bits per heavy atom. The van der Waals surface area contributed by atoms with Gasteiger partial charge in [-0.2, -0.15) is 0 Å². The fourth-order valence-corrected chi connectivity index (χ4v) is 3.82. The molecule has 2 aromatic rings. The van der Waals surface area contributed by atoms with E-state index in [1.165, 1.54) is 33.0 Å². The molecule has 8 heteroatoms. The summed E-state index contributed by atoms with van der Waals surface area (Å²) in [6, 6.07) is 10.9. The molecule has 166 valence electrons. The van der Waals surface area contributed by atoms with E-state index in [0.29, 0.717) is 17.2 Å². The number of nitrogens with zero attached hydrogens (tertiary/aromatic N) is 1. The van der Waals surface area contributed by atoms with E-state index < -0.39 is 5.97 Å². The highest BCUT2D eigenvalue weighted by Crippen LogP contribution is 2.34. The topological polar surface area (TPSA) is 77.1 Å². The van der Waals surface area contributed by atoms with Crippen LogP contribution in [0.2, 0.25) is 5.02 Å². The number of halogens is 1. The Labute approximate surface area is 187 Å². The molecule has 1 aliphatic heterocycles. The average molecular weight is 447 g/mol. The van der Waals surface area contributed by atoms with Crippen LogP contribution in [0.1, 0.15) is 28.8 Å². The zero-order valence-electron chi connectivity index (χ0n) is 17.9. The molecule has 0 spiro atoms. The highest BCUT2D eigenvalue weighted by molar-refractivity contribution is 6.30. The standard InChI is InChI=1S/C23H27ClN2O5/c1-29-20-12-18(23(28)31-3)19(13-21(20)30-2)25-22(27)16-8-10-26(11-9-16)14-15-4-6-17(24)7-5-15/h4-7,12-13,16H,8-11,14H2,1-3H3,(H,25,27). The van der Waals surface area contributed by atoms with Gasteiger partial charge in [0.05, 0.1) is 32.6 Å². The minimum absolute atomic E-state index is 0.122. The quantitative estimate of drug-likeness (QED) is 0.648. The van der Waals surface area contributed by atoms with Gasteiger partial charge in [-0.25, -0.2) is 4.79 Å². The van der Waals surface area contributed by atoms with Gasteiger partial charge in [0.25, 0.3) is 0 Å². The first kappa shape index (κ1) is 22.9. The Hall–Kier alpha value is -2.77. The molecule has 1 amide bonds. The lowest BCUT2D eigenvalue weighted by Crippen LogP contribution is -2.37. The SMILES string of the molecule is COC(=O)c1cc(OC)c(OC)cc1NC(=O)C1CCN(Cc2ccc(Cl)cc2)CC1. The van der Waals surface area contributed by atoms with Crippen molar-refractivity contribution >= 4 is 29.2 Å². The number of methoxy groups -OCH3 is 3. The number of carbonyl (C=O) groups is 2. The molecule has 0 saturated carbocycles. The second-order valence-corrected chi connectivity index (χ2v) is 7.85. The fraction of sp³-hybridized carbons (Fsp3) is 0.391. The normalized spacial score (nSPS) is 14.7. The molecule has 1 heterocycles. The molecule has 7 nitrogen and oxygen atoms in total. The zero-order valence-corrected chi connectivity index (χ0v) is 18.7. The van der Waals surface area contributed by atoms with E-state index in [9.17, 15) is 9.59 Å². The second-order valence-electron chi connectivity index (χ2n) is 7.41. The molecular formula is C23H27ClN2O5. The minimum Gasteiger partial charge on any atom is -0.493 e. The molecule has 3 rings (SSSR count). The number of carbonyl (C=O) groups excluding carboxylic acids is 2. The number of ether oxygens (including phenoxy) is 3. The van der Waals surface area contributed by atoms with Crippen molar-refractivity contribution in [2.24, 2.45) is 5.92 Å². The van der Waals surface area contributed by atoms with E-state index in [1.807, 2.05) is 24.3 Å². The van der Waals surface area contributed by atoms with Gasteiger partial charge in [-0.3, -0.25) is 9.69 Å². The van der Waals surface area contributed by atoms with E-state index in [-0.39, 0.29) is 17.4 Å². The summed E-state index contributed by atoms with van der Waals surface area (Å²) in [5.41, 5.74) is 1.76. The monoisotopic (exact) mass is 446 g/mol. The van der Waals surface area contributed by atoms with Crippen molar-refractivity contribution < 1.29 is 23.8 Å². The maximum atomic E-state index is 12.9. The average Bonchev–Trinajstić information content (AvgIpc) is 2.80. The molecule has 31 heavy (non-hydrogen) atoms. The summed E-state index contributed by atoms with van der Waals surface area (Å²) in [7, 11) is 4.27. The summed E-state index contributed by atoms with van der Waals surface area (Å²) in [4.78, 5) is 27.5. The van der Waals surface area contributed by atoms with E-state index in [1.54, 1.807) is 6.07 Å². The van der Waals surface area contributed by atoms with Crippen molar-refractivity contribution in [1.82, 2.24) is 4.90 Å². The molecule has 0 unspecified atom stereocenters. The van der Waals surface area contributed by atoms with Crippen LogP contribution in [-0.4, -0.2) is 51.2 Å². The molecule has 1 N–H and O–H groups in total. The number of nitrogens with one attached hydrogen (secondary N) is 1. The Morgan fingerprint density at radius 3 is 2.23 bits per heavy atom. The summed E-state index contributed by atoms with van der Waals surface area (Å²) >= 11 is 5.95. The predicted molar refractivity (Wildman–Crippen MR) is 119 cm³/mol. The van der Waals surface area contributed by atoms with Crippen molar-refractivity contribution in [3.05, 3.63) is 52.5 Å². The predicted octanol–water partition coefficient (Wildman–Crippen LogP) is 3.99. The maximum absolute atomic E-state index is 12.9. The number of anilines is 1. The minimum atomic E-state index is -0.561. The Kier molecular flexibility index (Phi) is 7.76. The molecule has 0 bridgehead atoms. The van der Waals surface area contributed by atoms with Crippen molar-refractivity contribution in [2.75, 3.05) is 39.7 Å². The highest BCUT2D eigenvalue weighted by atomic mass is 35.5. The van der Waals surface area contributed by atoms with Crippen molar-refractivity contribution in [1.29, 1.82) is 0 Å². The van der Waals surface area contributed by atoms with Gasteiger partial charge in [-0.15, -0.1) is 0 Å². The molecular weight excluding hydrogens is 420 g/mol. The van der Waals surface area contributed by atoms with Crippen LogP contribution in [0.5, 0.6) is 11.5 Å². The molecule has 0 atom stereocenters. The summed E-state index contributed by atoms with van der Waals surface area (Å²) in [5.74, 6) is -0.0164. The number of benzene rings is 2. The fourth-order valence-electron chi connectivity index (χ4n) is 3.70. The third kappa shape index (κ3) is 5.68. The number of amides is 1. The van der Waals surface area contributed by atoms with Gasteiger partial charge in [0, 0.05) is 29.6 Å². The number of hydrogen-bond acceptors (Lipinski definition) is 6. The summed E-state index contributed by atoms with van der Waals surface area (Å²) in [6.07, 6.45) is 1.47. The van der Waals surface area contributed by atoms with Gasteiger partial charge in [0.1, 0.15) is 0 Å².